The highest BCUT2D eigenvalue weighted by molar-refractivity contribution is 5.89. The Labute approximate surface area is 317 Å². The van der Waals surface area contributed by atoms with Gasteiger partial charge in [0.05, 0.1) is 156 Å². The van der Waals surface area contributed by atoms with Gasteiger partial charge in [-0.25, -0.2) is 4.79 Å². The molecule has 0 saturated heterocycles. The summed E-state index contributed by atoms with van der Waals surface area (Å²) in [6, 6.07) is 14.7. The zero-order valence-electron chi connectivity index (χ0n) is 31.1. The Balaban J connectivity index is 1.15. The molecule has 54 heavy (non-hydrogen) atoms. The lowest BCUT2D eigenvalue weighted by Gasteiger charge is -2.09. The van der Waals surface area contributed by atoms with Gasteiger partial charge in [-0.2, -0.15) is 0 Å². The monoisotopic (exact) mass is 771 g/mol. The van der Waals surface area contributed by atoms with Gasteiger partial charge in [0, 0.05) is 12.1 Å². The molecule has 0 atom stereocenters. The predicted molar refractivity (Wildman–Crippen MR) is 194 cm³/mol. The van der Waals surface area contributed by atoms with Crippen molar-refractivity contribution in [1.29, 1.82) is 0 Å². The van der Waals surface area contributed by atoms with Gasteiger partial charge < -0.3 is 61.6 Å². The molecule has 0 radical (unpaired) electrons. The molecule has 0 fully saturated rings. The molecular weight excluding hydrogens is 714 g/mol. The van der Waals surface area contributed by atoms with Gasteiger partial charge in [-0.1, -0.05) is 18.2 Å². The van der Waals surface area contributed by atoms with Crippen LogP contribution in [-0.2, 0) is 56.8 Å². The number of nitro groups is 1. The zero-order valence-corrected chi connectivity index (χ0v) is 31.1. The van der Waals surface area contributed by atoms with Crippen molar-refractivity contribution in [3.63, 3.8) is 0 Å². The molecule has 0 amide bonds. The number of carbonyl (C=O) groups is 1. The minimum atomic E-state index is -0.455. The molecule has 0 heterocycles. The number of non-ortho nitro benzene ring substituents is 1. The lowest BCUT2D eigenvalue weighted by atomic mass is 10.2. The standard InChI is InChI=1S/C37H57NO16/c39-37(34-4-2-1-3-5-34)54-33-31-52-29-27-50-25-23-48-21-19-46-17-15-44-13-11-42-10-12-43-14-16-45-18-20-47-22-24-49-26-28-51-30-32-53-36-8-6-35(7-9-36)38(40)41/h1-9H,10-33H2. The Bertz CT molecular complexity index is 1140. The SMILES string of the molecule is O=C(OCCOCCOCCOCCOCCOCCOCCOCCOCCOCCOCCOCCOc1ccc([N+](=O)[O-])cc1)c1ccccc1. The van der Waals surface area contributed by atoms with Crippen molar-refractivity contribution in [2.45, 2.75) is 0 Å². The Morgan fingerprint density at radius 2 is 0.704 bits per heavy atom. The largest absolute Gasteiger partial charge is 0.491 e. The number of carbonyl (C=O) groups excluding carboxylic acids is 1. The van der Waals surface area contributed by atoms with E-state index in [2.05, 4.69) is 0 Å². The minimum absolute atomic E-state index is 0.0214. The Morgan fingerprint density at radius 1 is 0.407 bits per heavy atom. The van der Waals surface area contributed by atoms with E-state index >= 15 is 0 Å². The van der Waals surface area contributed by atoms with Crippen LogP contribution in [0, 0.1) is 10.1 Å². The number of nitro benzene ring substituents is 1. The molecule has 17 heteroatoms. The summed E-state index contributed by atoms with van der Waals surface area (Å²) in [6.07, 6.45) is 0. The smallest absolute Gasteiger partial charge is 0.338 e. The summed E-state index contributed by atoms with van der Waals surface area (Å²) in [4.78, 5) is 22.0. The van der Waals surface area contributed by atoms with E-state index in [1.54, 1.807) is 36.4 Å². The van der Waals surface area contributed by atoms with Crippen molar-refractivity contribution in [3.05, 3.63) is 70.3 Å². The van der Waals surface area contributed by atoms with Gasteiger partial charge in [-0.05, 0) is 24.3 Å². The number of hydrogen-bond acceptors (Lipinski definition) is 16. The summed E-state index contributed by atoms with van der Waals surface area (Å²) < 4.78 is 70.6. The Hall–Kier alpha value is -3.33. The second-order valence-electron chi connectivity index (χ2n) is 10.8. The van der Waals surface area contributed by atoms with Gasteiger partial charge in [0.2, 0.25) is 0 Å². The molecule has 0 aromatic heterocycles. The molecule has 2 rings (SSSR count). The van der Waals surface area contributed by atoms with Crippen molar-refractivity contribution in [2.24, 2.45) is 0 Å². The van der Waals surface area contributed by atoms with Crippen LogP contribution in [0.2, 0.25) is 0 Å². The maximum absolute atomic E-state index is 11.8. The summed E-state index contributed by atoms with van der Waals surface area (Å²) in [5.74, 6) is 0.188. The highest BCUT2D eigenvalue weighted by atomic mass is 16.6. The van der Waals surface area contributed by atoms with Gasteiger partial charge in [-0.3, -0.25) is 10.1 Å². The number of ether oxygens (including phenoxy) is 13. The first kappa shape index (κ1) is 46.8. The van der Waals surface area contributed by atoms with Gasteiger partial charge in [-0.15, -0.1) is 0 Å². The molecule has 0 N–H and O–H groups in total. The van der Waals surface area contributed by atoms with E-state index in [0.717, 1.165) is 0 Å². The predicted octanol–water partition coefficient (Wildman–Crippen LogP) is 3.01. The first-order valence-electron chi connectivity index (χ1n) is 18.1. The van der Waals surface area contributed by atoms with E-state index in [1.165, 1.54) is 12.1 Å². The van der Waals surface area contributed by atoms with E-state index in [0.29, 0.717) is 163 Å². The second-order valence-corrected chi connectivity index (χ2v) is 10.8. The molecule has 0 saturated carbocycles. The Kier molecular flexibility index (Phi) is 30.7. The van der Waals surface area contributed by atoms with Crippen LogP contribution < -0.4 is 4.74 Å². The van der Waals surface area contributed by atoms with Gasteiger partial charge in [0.15, 0.2) is 0 Å². The quantitative estimate of drug-likeness (QED) is 0.0419. The van der Waals surface area contributed by atoms with Crippen molar-refractivity contribution >= 4 is 11.7 Å². The average Bonchev–Trinajstić information content (AvgIpc) is 3.19. The third kappa shape index (κ3) is 28.2. The van der Waals surface area contributed by atoms with E-state index in [9.17, 15) is 14.9 Å². The van der Waals surface area contributed by atoms with Crippen molar-refractivity contribution in [2.75, 3.05) is 159 Å². The van der Waals surface area contributed by atoms with Crippen LogP contribution in [0.1, 0.15) is 10.4 Å². The number of esters is 1. The Morgan fingerprint density at radius 3 is 1.02 bits per heavy atom. The maximum atomic E-state index is 11.8. The van der Waals surface area contributed by atoms with Crippen LogP contribution in [-0.4, -0.2) is 169 Å². The molecular formula is C37H57NO16. The summed E-state index contributed by atoms with van der Waals surface area (Å²) in [5, 5.41) is 10.6. The van der Waals surface area contributed by atoms with Crippen LogP contribution in [0.4, 0.5) is 5.69 Å². The molecule has 0 aliphatic rings. The summed E-state index contributed by atoms with van der Waals surface area (Å²) in [7, 11) is 0. The molecule has 0 unspecified atom stereocenters. The van der Waals surface area contributed by atoms with E-state index < -0.39 is 4.92 Å². The fraction of sp³-hybridized carbons (Fsp3) is 0.649. The van der Waals surface area contributed by atoms with E-state index in [-0.39, 0.29) is 18.3 Å². The lowest BCUT2D eigenvalue weighted by Crippen LogP contribution is -2.16. The molecule has 0 aliphatic carbocycles. The van der Waals surface area contributed by atoms with E-state index in [1.807, 2.05) is 6.07 Å². The normalized spacial score (nSPS) is 11.2. The minimum Gasteiger partial charge on any atom is -0.491 e. The van der Waals surface area contributed by atoms with Crippen molar-refractivity contribution in [1.82, 2.24) is 0 Å². The molecule has 0 aliphatic heterocycles. The zero-order chi connectivity index (χ0) is 38.4. The highest BCUT2D eigenvalue weighted by Gasteiger charge is 2.06. The molecule has 17 nitrogen and oxygen atoms in total. The fourth-order valence-corrected chi connectivity index (χ4v) is 4.03. The van der Waals surface area contributed by atoms with Crippen molar-refractivity contribution in [3.8, 4) is 5.75 Å². The van der Waals surface area contributed by atoms with Gasteiger partial charge >= 0.3 is 5.97 Å². The molecule has 2 aromatic carbocycles. The lowest BCUT2D eigenvalue weighted by molar-refractivity contribution is -0.384. The number of benzene rings is 2. The van der Waals surface area contributed by atoms with Crippen LogP contribution in [0.25, 0.3) is 0 Å². The van der Waals surface area contributed by atoms with Crippen LogP contribution in [0.5, 0.6) is 5.75 Å². The van der Waals surface area contributed by atoms with Crippen LogP contribution in [0.3, 0.4) is 0 Å². The first-order valence-corrected chi connectivity index (χ1v) is 18.1. The van der Waals surface area contributed by atoms with Gasteiger partial charge in [0.25, 0.3) is 5.69 Å². The van der Waals surface area contributed by atoms with Crippen LogP contribution in [0.15, 0.2) is 54.6 Å². The number of hydrogen-bond donors (Lipinski definition) is 0. The second kappa shape index (κ2) is 35.4. The number of nitrogens with zero attached hydrogens (tertiary/aromatic N) is 1. The highest BCUT2D eigenvalue weighted by Crippen LogP contribution is 2.17. The molecule has 2 aromatic rings. The van der Waals surface area contributed by atoms with Crippen molar-refractivity contribution < 1.29 is 71.3 Å². The summed E-state index contributed by atoms with van der Waals surface area (Å²) in [5.41, 5.74) is 0.540. The number of rotatable bonds is 39. The van der Waals surface area contributed by atoms with Gasteiger partial charge in [0.1, 0.15) is 19.0 Å². The first-order chi connectivity index (χ1) is 26.7. The molecule has 0 bridgehead atoms. The summed E-state index contributed by atoms with van der Waals surface area (Å²) >= 11 is 0. The van der Waals surface area contributed by atoms with E-state index in [4.69, 9.17) is 61.6 Å². The average molecular weight is 772 g/mol. The topological polar surface area (TPSA) is 180 Å². The maximum Gasteiger partial charge on any atom is 0.338 e. The molecule has 306 valence electrons. The third-order valence-corrected chi connectivity index (χ3v) is 6.73. The fourth-order valence-electron chi connectivity index (χ4n) is 4.03. The summed E-state index contributed by atoms with van der Waals surface area (Å²) in [6.45, 7) is 10.5. The van der Waals surface area contributed by atoms with Crippen LogP contribution >= 0.6 is 0 Å². The third-order valence-electron chi connectivity index (χ3n) is 6.73. The molecule has 0 spiro atoms.